The van der Waals surface area contributed by atoms with Gasteiger partial charge in [0.15, 0.2) is 5.82 Å². The van der Waals surface area contributed by atoms with Crippen LogP contribution in [0.5, 0.6) is 0 Å². The quantitative estimate of drug-likeness (QED) is 0.856. The molecule has 1 N–H and O–H groups in total. The van der Waals surface area contributed by atoms with Crippen LogP contribution in [0.4, 0.5) is 0 Å². The van der Waals surface area contributed by atoms with Crippen molar-refractivity contribution in [2.75, 3.05) is 13.1 Å². The number of aromatic nitrogens is 2. The molecule has 1 unspecified atom stereocenters. The van der Waals surface area contributed by atoms with E-state index >= 15 is 0 Å². The lowest BCUT2D eigenvalue weighted by atomic mass is 10.0. The maximum atomic E-state index is 12.4. The Morgan fingerprint density at radius 1 is 1.45 bits per heavy atom. The minimum Gasteiger partial charge on any atom is -0.344 e. The molecule has 1 aliphatic rings. The second-order valence-corrected chi connectivity index (χ2v) is 5.35. The average molecular weight is 280 g/mol. The molecule has 0 aromatic carbocycles. The van der Waals surface area contributed by atoms with E-state index in [4.69, 9.17) is 4.52 Å². The topological polar surface area (TPSA) is 88.3 Å². The summed E-state index contributed by atoms with van der Waals surface area (Å²) in [5.74, 6) is 1.05. The number of aryl methyl sites for hydroxylation is 1. The van der Waals surface area contributed by atoms with Gasteiger partial charge >= 0.3 is 0 Å². The molecule has 20 heavy (non-hydrogen) atoms. The predicted octanol–water partition coefficient (Wildman–Crippen LogP) is 0.294. The molecule has 2 amide bonds. The van der Waals surface area contributed by atoms with Crippen molar-refractivity contribution in [1.29, 1.82) is 0 Å². The first-order valence-electron chi connectivity index (χ1n) is 6.84. The van der Waals surface area contributed by atoms with Crippen molar-refractivity contribution in [2.45, 2.75) is 39.7 Å². The van der Waals surface area contributed by atoms with Crippen LogP contribution in [0.2, 0.25) is 0 Å². The number of amides is 2. The van der Waals surface area contributed by atoms with Crippen molar-refractivity contribution in [3.05, 3.63) is 11.7 Å². The number of rotatable bonds is 4. The van der Waals surface area contributed by atoms with Gasteiger partial charge in [-0.1, -0.05) is 19.0 Å². The van der Waals surface area contributed by atoms with Crippen LogP contribution in [-0.2, 0) is 16.0 Å². The molecular formula is C13H20N4O3. The van der Waals surface area contributed by atoms with Gasteiger partial charge in [0.05, 0.1) is 0 Å². The van der Waals surface area contributed by atoms with Gasteiger partial charge in [-0.3, -0.25) is 9.59 Å². The zero-order chi connectivity index (χ0) is 14.7. The predicted molar refractivity (Wildman–Crippen MR) is 70.7 cm³/mol. The first kappa shape index (κ1) is 14.5. The maximum absolute atomic E-state index is 12.4. The zero-order valence-electron chi connectivity index (χ0n) is 12.0. The Hall–Kier alpha value is -1.92. The molecule has 1 atom stereocenters. The van der Waals surface area contributed by atoms with Crippen molar-refractivity contribution in [3.8, 4) is 0 Å². The minimum absolute atomic E-state index is 0.0397. The molecule has 0 bridgehead atoms. The molecule has 1 aromatic rings. The van der Waals surface area contributed by atoms with Crippen LogP contribution in [0.15, 0.2) is 4.52 Å². The van der Waals surface area contributed by atoms with E-state index in [1.54, 1.807) is 11.8 Å². The van der Waals surface area contributed by atoms with Crippen molar-refractivity contribution < 1.29 is 14.1 Å². The van der Waals surface area contributed by atoms with E-state index in [2.05, 4.69) is 15.5 Å². The Labute approximate surface area is 117 Å². The first-order chi connectivity index (χ1) is 9.47. The van der Waals surface area contributed by atoms with Crippen LogP contribution in [0.25, 0.3) is 0 Å². The molecule has 7 nitrogen and oxygen atoms in total. The van der Waals surface area contributed by atoms with Crippen molar-refractivity contribution in [3.63, 3.8) is 0 Å². The third kappa shape index (κ3) is 3.34. The molecule has 1 fully saturated rings. The summed E-state index contributed by atoms with van der Waals surface area (Å²) in [5, 5.41) is 6.50. The summed E-state index contributed by atoms with van der Waals surface area (Å²) in [7, 11) is 0. The van der Waals surface area contributed by atoms with E-state index in [1.165, 1.54) is 0 Å². The van der Waals surface area contributed by atoms with Crippen molar-refractivity contribution in [1.82, 2.24) is 20.4 Å². The highest BCUT2D eigenvalue weighted by atomic mass is 16.5. The Morgan fingerprint density at radius 3 is 2.80 bits per heavy atom. The summed E-state index contributed by atoms with van der Waals surface area (Å²) >= 11 is 0. The van der Waals surface area contributed by atoms with E-state index in [0.717, 1.165) is 0 Å². The molecule has 0 saturated carbocycles. The van der Waals surface area contributed by atoms with Crippen LogP contribution in [0.1, 0.15) is 32.0 Å². The SMILES string of the molecule is Cc1noc(CCN2CCC(=O)NC(C(C)C)C2=O)n1. The highest BCUT2D eigenvalue weighted by Gasteiger charge is 2.31. The summed E-state index contributed by atoms with van der Waals surface area (Å²) in [6.07, 6.45) is 0.837. The molecule has 110 valence electrons. The highest BCUT2D eigenvalue weighted by molar-refractivity contribution is 5.90. The van der Waals surface area contributed by atoms with Gasteiger partial charge in [-0.25, -0.2) is 0 Å². The van der Waals surface area contributed by atoms with Crippen LogP contribution in [-0.4, -0.2) is 46.0 Å². The normalized spacial score (nSPS) is 20.2. The molecule has 2 heterocycles. The smallest absolute Gasteiger partial charge is 0.245 e. The second kappa shape index (κ2) is 6.02. The standard InChI is InChI=1S/C13H20N4O3/c1-8(2)12-13(19)17(6-4-10(18)15-12)7-5-11-14-9(3)16-20-11/h8,12H,4-7H2,1-3H3,(H,15,18). The van der Waals surface area contributed by atoms with Gasteiger partial charge in [0.25, 0.3) is 0 Å². The van der Waals surface area contributed by atoms with E-state index in [-0.39, 0.29) is 17.7 Å². The molecule has 1 aliphatic heterocycles. The molecule has 7 heteroatoms. The summed E-state index contributed by atoms with van der Waals surface area (Å²) in [6, 6.07) is -0.450. The lowest BCUT2D eigenvalue weighted by molar-refractivity contribution is -0.134. The van der Waals surface area contributed by atoms with Gasteiger partial charge in [0.1, 0.15) is 6.04 Å². The monoisotopic (exact) mass is 280 g/mol. The van der Waals surface area contributed by atoms with Crippen LogP contribution < -0.4 is 5.32 Å². The summed E-state index contributed by atoms with van der Waals surface area (Å²) in [4.78, 5) is 29.9. The Kier molecular flexibility index (Phi) is 4.36. The largest absolute Gasteiger partial charge is 0.344 e. The van der Waals surface area contributed by atoms with Crippen LogP contribution >= 0.6 is 0 Å². The molecule has 2 rings (SSSR count). The average Bonchev–Trinajstić information content (AvgIpc) is 2.74. The lowest BCUT2D eigenvalue weighted by Gasteiger charge is -2.25. The van der Waals surface area contributed by atoms with E-state index in [0.29, 0.717) is 37.6 Å². The molecule has 1 aromatic heterocycles. The number of hydrogen-bond donors (Lipinski definition) is 1. The number of carbonyl (C=O) groups excluding carboxylic acids is 2. The number of nitrogens with zero attached hydrogens (tertiary/aromatic N) is 3. The number of hydrogen-bond acceptors (Lipinski definition) is 5. The van der Waals surface area contributed by atoms with E-state index < -0.39 is 6.04 Å². The third-order valence-electron chi connectivity index (χ3n) is 3.33. The van der Waals surface area contributed by atoms with Gasteiger partial charge in [-0.05, 0) is 12.8 Å². The fourth-order valence-corrected chi connectivity index (χ4v) is 2.20. The van der Waals surface area contributed by atoms with Gasteiger partial charge in [-0.15, -0.1) is 0 Å². The summed E-state index contributed by atoms with van der Waals surface area (Å²) < 4.78 is 5.04. The van der Waals surface area contributed by atoms with E-state index in [9.17, 15) is 9.59 Å². The van der Waals surface area contributed by atoms with Crippen molar-refractivity contribution in [2.24, 2.45) is 5.92 Å². The van der Waals surface area contributed by atoms with Crippen molar-refractivity contribution >= 4 is 11.8 Å². The Bertz CT molecular complexity index is 498. The lowest BCUT2D eigenvalue weighted by Crippen LogP contribution is -2.48. The minimum atomic E-state index is -0.450. The fourth-order valence-electron chi connectivity index (χ4n) is 2.20. The maximum Gasteiger partial charge on any atom is 0.245 e. The summed E-state index contributed by atoms with van der Waals surface area (Å²) in [5.41, 5.74) is 0. The molecular weight excluding hydrogens is 260 g/mol. The Balaban J connectivity index is 2.01. The zero-order valence-corrected chi connectivity index (χ0v) is 12.0. The number of carbonyl (C=O) groups is 2. The van der Waals surface area contributed by atoms with Crippen LogP contribution in [0.3, 0.4) is 0 Å². The fraction of sp³-hybridized carbons (Fsp3) is 0.692. The first-order valence-corrected chi connectivity index (χ1v) is 6.84. The van der Waals surface area contributed by atoms with Crippen LogP contribution in [0, 0.1) is 12.8 Å². The molecule has 0 spiro atoms. The molecule has 0 aliphatic carbocycles. The van der Waals surface area contributed by atoms with Gasteiger partial charge in [0, 0.05) is 25.9 Å². The van der Waals surface area contributed by atoms with Gasteiger partial charge < -0.3 is 14.7 Å². The Morgan fingerprint density at radius 2 is 2.20 bits per heavy atom. The highest BCUT2D eigenvalue weighted by Crippen LogP contribution is 2.12. The number of nitrogens with one attached hydrogen (secondary N) is 1. The van der Waals surface area contributed by atoms with E-state index in [1.807, 2.05) is 13.8 Å². The van der Waals surface area contributed by atoms with Gasteiger partial charge in [0.2, 0.25) is 17.7 Å². The third-order valence-corrected chi connectivity index (χ3v) is 3.33. The second-order valence-electron chi connectivity index (χ2n) is 5.35. The van der Waals surface area contributed by atoms with Gasteiger partial charge in [-0.2, -0.15) is 4.98 Å². The molecule has 0 radical (unpaired) electrons. The summed E-state index contributed by atoms with van der Waals surface area (Å²) in [6.45, 7) is 6.52. The molecule has 1 saturated heterocycles.